The lowest BCUT2D eigenvalue weighted by Gasteiger charge is -2.08. The predicted octanol–water partition coefficient (Wildman–Crippen LogP) is 2.15. The zero-order valence-electron chi connectivity index (χ0n) is 16.8. The van der Waals surface area contributed by atoms with Gasteiger partial charge in [-0.1, -0.05) is 0 Å². The number of amides is 1. The molecule has 0 aromatic carbocycles. The molecule has 4 rings (SSSR count). The summed E-state index contributed by atoms with van der Waals surface area (Å²) in [5, 5.41) is 4.28. The number of rotatable bonds is 7. The number of nitrogens with zero attached hydrogens (tertiary/aromatic N) is 4. The zero-order valence-corrected chi connectivity index (χ0v) is 17.6. The third kappa shape index (κ3) is 4.67. The van der Waals surface area contributed by atoms with Crippen molar-refractivity contribution in [3.05, 3.63) is 47.9 Å². The molecule has 3 aromatic rings. The van der Waals surface area contributed by atoms with Crippen molar-refractivity contribution >= 4 is 33.2 Å². The Balaban J connectivity index is 1.68. The number of alkyl halides is 3. The first-order valence-electron chi connectivity index (χ1n) is 9.61. The average molecular weight is 468 g/mol. The van der Waals surface area contributed by atoms with Gasteiger partial charge in [-0.3, -0.25) is 14.0 Å². The molecule has 0 aliphatic heterocycles. The summed E-state index contributed by atoms with van der Waals surface area (Å²) in [6.07, 6.45) is 1.67. The number of nitrogens with one attached hydrogen (secondary N) is 2. The average Bonchev–Trinajstić information content (AvgIpc) is 3.36. The Morgan fingerprint density at radius 2 is 2.06 bits per heavy atom. The topological polar surface area (TPSA) is 111 Å². The normalized spacial score (nSPS) is 15.0. The van der Waals surface area contributed by atoms with Gasteiger partial charge in [-0.15, -0.1) is 0 Å². The molecular weight excluding hydrogens is 449 g/mol. The van der Waals surface area contributed by atoms with Crippen LogP contribution in [0.1, 0.15) is 24.1 Å². The molecular formula is C19H19F3N6O3S. The van der Waals surface area contributed by atoms with Crippen molar-refractivity contribution < 1.29 is 26.4 Å². The van der Waals surface area contributed by atoms with Gasteiger partial charge in [0.1, 0.15) is 11.5 Å². The Labute approximate surface area is 181 Å². The lowest BCUT2D eigenvalue weighted by molar-refractivity contribution is -0.141. The van der Waals surface area contributed by atoms with Crippen LogP contribution in [-0.2, 0) is 28.2 Å². The van der Waals surface area contributed by atoms with E-state index >= 15 is 0 Å². The van der Waals surface area contributed by atoms with Crippen molar-refractivity contribution in [1.82, 2.24) is 28.8 Å². The predicted molar refractivity (Wildman–Crippen MR) is 110 cm³/mol. The van der Waals surface area contributed by atoms with E-state index in [-0.39, 0.29) is 18.3 Å². The van der Waals surface area contributed by atoms with Crippen LogP contribution in [0.4, 0.5) is 13.2 Å². The molecule has 1 saturated carbocycles. The van der Waals surface area contributed by atoms with Crippen molar-refractivity contribution in [1.29, 1.82) is 0 Å². The summed E-state index contributed by atoms with van der Waals surface area (Å²) in [5.74, 6) is -0.828. The number of fused-ring (bicyclic) bond motifs is 1. The Morgan fingerprint density at radius 3 is 2.75 bits per heavy atom. The second-order valence-electron chi connectivity index (χ2n) is 7.40. The maximum absolute atomic E-state index is 13.6. The van der Waals surface area contributed by atoms with Gasteiger partial charge in [0.05, 0.1) is 5.56 Å². The van der Waals surface area contributed by atoms with Crippen LogP contribution in [0.5, 0.6) is 0 Å². The van der Waals surface area contributed by atoms with Crippen LogP contribution in [0.25, 0.3) is 22.9 Å². The van der Waals surface area contributed by atoms with E-state index in [1.54, 1.807) is 29.1 Å². The van der Waals surface area contributed by atoms with E-state index in [0.29, 0.717) is 11.0 Å². The molecule has 2 N–H and O–H groups in total. The summed E-state index contributed by atoms with van der Waals surface area (Å²) in [6.45, 7) is 0.199. The Kier molecular flexibility index (Phi) is 5.54. The standard InChI is InChI=1S/C19H19F3N6O3S/c1-27-18(28-10-8-13-3-2-9-23-17(13)28)14(16(25-27)19(20,21)22)6-7-15(29)26-32(30,31)24-11-12-4-5-12/h2-3,6-10,12,24H,4-5,11H2,1H3,(H,26,29)/b7-6+. The molecule has 0 saturated heterocycles. The maximum Gasteiger partial charge on any atom is 0.435 e. The van der Waals surface area contributed by atoms with Crippen LogP contribution in [0.3, 0.4) is 0 Å². The first-order valence-corrected chi connectivity index (χ1v) is 11.1. The Hall–Kier alpha value is -3.19. The van der Waals surface area contributed by atoms with Crippen molar-refractivity contribution in [2.75, 3.05) is 6.54 Å². The second-order valence-corrected chi connectivity index (χ2v) is 8.90. The van der Waals surface area contributed by atoms with Gasteiger partial charge in [-0.05, 0) is 43.0 Å². The molecule has 1 aliphatic rings. The molecule has 0 bridgehead atoms. The van der Waals surface area contributed by atoms with Crippen LogP contribution in [0.2, 0.25) is 0 Å². The third-order valence-corrected chi connectivity index (χ3v) is 5.91. The third-order valence-electron chi connectivity index (χ3n) is 4.89. The highest BCUT2D eigenvalue weighted by molar-refractivity contribution is 7.88. The highest BCUT2D eigenvalue weighted by atomic mass is 32.2. The maximum atomic E-state index is 13.6. The van der Waals surface area contributed by atoms with E-state index in [0.717, 1.165) is 29.7 Å². The van der Waals surface area contributed by atoms with Crippen LogP contribution in [-0.4, -0.2) is 40.2 Å². The SMILES string of the molecule is Cn1nc(C(F)(F)F)c(/C=C/C(=O)NS(=O)(=O)NCC2CC2)c1-n1ccc2cccnc21. The van der Waals surface area contributed by atoms with Crippen LogP contribution in [0, 0.1) is 5.92 Å². The summed E-state index contributed by atoms with van der Waals surface area (Å²) < 4.78 is 71.2. The highest BCUT2D eigenvalue weighted by Gasteiger charge is 2.38. The van der Waals surface area contributed by atoms with E-state index in [4.69, 9.17) is 0 Å². The van der Waals surface area contributed by atoms with Gasteiger partial charge in [0.2, 0.25) is 0 Å². The second kappa shape index (κ2) is 8.06. The Morgan fingerprint density at radius 1 is 1.31 bits per heavy atom. The lowest BCUT2D eigenvalue weighted by atomic mass is 10.2. The number of aromatic nitrogens is 4. The monoisotopic (exact) mass is 468 g/mol. The first-order chi connectivity index (χ1) is 15.0. The minimum atomic E-state index is -4.81. The summed E-state index contributed by atoms with van der Waals surface area (Å²) >= 11 is 0. The van der Waals surface area contributed by atoms with Crippen molar-refractivity contribution in [2.24, 2.45) is 13.0 Å². The number of carbonyl (C=O) groups is 1. The molecule has 32 heavy (non-hydrogen) atoms. The fourth-order valence-corrected chi connectivity index (χ4v) is 4.09. The molecule has 9 nitrogen and oxygen atoms in total. The molecule has 0 spiro atoms. The van der Waals surface area contributed by atoms with E-state index in [1.807, 2.05) is 0 Å². The van der Waals surface area contributed by atoms with Gasteiger partial charge in [-0.25, -0.2) is 9.71 Å². The van der Waals surface area contributed by atoms with E-state index in [1.165, 1.54) is 17.8 Å². The summed E-state index contributed by atoms with van der Waals surface area (Å²) in [6, 6.07) is 5.13. The van der Waals surface area contributed by atoms with E-state index in [2.05, 4.69) is 14.8 Å². The van der Waals surface area contributed by atoms with Crippen LogP contribution in [0.15, 0.2) is 36.7 Å². The number of hydrogen-bond donors (Lipinski definition) is 2. The van der Waals surface area contributed by atoms with Crippen LogP contribution < -0.4 is 9.44 Å². The minimum absolute atomic E-state index is 0.0183. The summed E-state index contributed by atoms with van der Waals surface area (Å²) in [5.41, 5.74) is -1.22. The molecule has 1 amide bonds. The van der Waals surface area contributed by atoms with Gasteiger partial charge in [0.15, 0.2) is 5.69 Å². The number of aryl methyl sites for hydroxylation is 1. The summed E-state index contributed by atoms with van der Waals surface area (Å²) in [7, 11) is -2.78. The molecule has 1 fully saturated rings. The van der Waals surface area contributed by atoms with Crippen molar-refractivity contribution in [3.8, 4) is 5.82 Å². The van der Waals surface area contributed by atoms with Gasteiger partial charge >= 0.3 is 16.4 Å². The fourth-order valence-electron chi connectivity index (χ4n) is 3.23. The molecule has 3 heterocycles. The molecule has 3 aromatic heterocycles. The zero-order chi connectivity index (χ0) is 23.1. The van der Waals surface area contributed by atoms with Crippen molar-refractivity contribution in [3.63, 3.8) is 0 Å². The Bertz CT molecular complexity index is 1310. The minimum Gasteiger partial charge on any atom is -0.285 e. The molecule has 0 radical (unpaired) electrons. The fraction of sp³-hybridized carbons (Fsp3) is 0.316. The van der Waals surface area contributed by atoms with E-state index < -0.39 is 33.6 Å². The summed E-state index contributed by atoms with van der Waals surface area (Å²) in [4.78, 5) is 16.3. The smallest absolute Gasteiger partial charge is 0.285 e. The molecule has 0 atom stereocenters. The lowest BCUT2D eigenvalue weighted by Crippen LogP contribution is -2.40. The molecule has 170 valence electrons. The quantitative estimate of drug-likeness (QED) is 0.517. The number of pyridine rings is 1. The largest absolute Gasteiger partial charge is 0.435 e. The van der Waals surface area contributed by atoms with Gasteiger partial charge in [0.25, 0.3) is 5.91 Å². The van der Waals surface area contributed by atoms with Crippen molar-refractivity contribution in [2.45, 2.75) is 19.0 Å². The molecule has 1 aliphatic carbocycles. The number of halogens is 3. The molecule has 0 unspecified atom stereocenters. The van der Waals surface area contributed by atoms with Gasteiger partial charge < -0.3 is 0 Å². The number of carbonyl (C=O) groups excluding carboxylic acids is 1. The van der Waals surface area contributed by atoms with Crippen LogP contribution >= 0.6 is 0 Å². The number of hydrogen-bond acceptors (Lipinski definition) is 5. The van der Waals surface area contributed by atoms with E-state index in [9.17, 15) is 26.4 Å². The molecule has 13 heteroatoms. The highest BCUT2D eigenvalue weighted by Crippen LogP contribution is 2.35. The first kappa shape index (κ1) is 22.0. The van der Waals surface area contributed by atoms with Gasteiger partial charge in [-0.2, -0.15) is 31.4 Å². The van der Waals surface area contributed by atoms with Gasteiger partial charge in [0, 0.05) is 37.4 Å².